The molecule has 0 bridgehead atoms. The molecule has 0 atom stereocenters. The van der Waals surface area contributed by atoms with Crippen molar-refractivity contribution in [3.63, 3.8) is 0 Å². The van der Waals surface area contributed by atoms with E-state index in [-0.39, 0.29) is 17.2 Å². The van der Waals surface area contributed by atoms with E-state index in [0.29, 0.717) is 6.42 Å². The third-order valence-corrected chi connectivity index (χ3v) is 2.30. The Kier molecular flexibility index (Phi) is 4.87. The van der Waals surface area contributed by atoms with Gasteiger partial charge in [-0.2, -0.15) is 8.78 Å². The molecule has 19 heavy (non-hydrogen) atoms. The number of nitrogens with two attached hydrogens (primary N) is 1. The van der Waals surface area contributed by atoms with Gasteiger partial charge in [-0.3, -0.25) is 4.79 Å². The number of nitrogens with one attached hydrogen (secondary N) is 1. The molecule has 0 fully saturated rings. The Morgan fingerprint density at radius 3 is 2.58 bits per heavy atom. The normalized spacial score (nSPS) is 12.1. The summed E-state index contributed by atoms with van der Waals surface area (Å²) < 4.78 is 53.2. The molecule has 1 heterocycles. The SMILES string of the molecule is CCc1c(N)nc(COCC(F)(F)C(F)F)[nH]c1=O. The summed E-state index contributed by atoms with van der Waals surface area (Å²) in [6.45, 7) is -0.308. The molecule has 0 unspecified atom stereocenters. The lowest BCUT2D eigenvalue weighted by atomic mass is 10.2. The number of ether oxygens (including phenoxy) is 1. The number of nitrogen functional groups attached to an aromatic ring is 1. The highest BCUT2D eigenvalue weighted by Gasteiger charge is 2.40. The van der Waals surface area contributed by atoms with Gasteiger partial charge >= 0.3 is 12.3 Å². The molecule has 1 aromatic heterocycles. The first-order valence-electron chi connectivity index (χ1n) is 5.39. The highest BCUT2D eigenvalue weighted by molar-refractivity contribution is 5.37. The summed E-state index contributed by atoms with van der Waals surface area (Å²) in [6, 6.07) is 0. The molecule has 0 spiro atoms. The minimum Gasteiger partial charge on any atom is -0.383 e. The average Bonchev–Trinajstić information content (AvgIpc) is 2.28. The standard InChI is InChI=1S/C10H13F4N3O2/c1-2-5-7(15)16-6(17-8(5)18)3-19-4-10(13,14)9(11)12/h9H,2-4H2,1H3,(H3,15,16,17,18). The van der Waals surface area contributed by atoms with Crippen LogP contribution >= 0.6 is 0 Å². The first-order valence-corrected chi connectivity index (χ1v) is 5.39. The molecule has 0 radical (unpaired) electrons. The van der Waals surface area contributed by atoms with Crippen LogP contribution in [0, 0.1) is 0 Å². The van der Waals surface area contributed by atoms with Gasteiger partial charge in [0.1, 0.15) is 24.9 Å². The molecular weight excluding hydrogens is 270 g/mol. The maximum absolute atomic E-state index is 12.5. The summed E-state index contributed by atoms with van der Waals surface area (Å²) in [5, 5.41) is 0. The van der Waals surface area contributed by atoms with E-state index in [0.717, 1.165) is 0 Å². The maximum atomic E-state index is 12.5. The zero-order valence-corrected chi connectivity index (χ0v) is 10.1. The first kappa shape index (κ1) is 15.4. The first-order chi connectivity index (χ1) is 8.77. The lowest BCUT2D eigenvalue weighted by molar-refractivity contribution is -0.168. The fraction of sp³-hybridized carbons (Fsp3) is 0.600. The Bertz CT molecular complexity index is 490. The highest BCUT2D eigenvalue weighted by Crippen LogP contribution is 2.23. The predicted octanol–water partition coefficient (Wildman–Crippen LogP) is 1.33. The van der Waals surface area contributed by atoms with Crippen molar-refractivity contribution in [2.24, 2.45) is 0 Å². The van der Waals surface area contributed by atoms with E-state index in [4.69, 9.17) is 5.73 Å². The smallest absolute Gasteiger partial charge is 0.330 e. The van der Waals surface area contributed by atoms with Gasteiger partial charge in [0, 0.05) is 0 Å². The topological polar surface area (TPSA) is 81.0 Å². The Balaban J connectivity index is 2.67. The van der Waals surface area contributed by atoms with Crippen LogP contribution < -0.4 is 11.3 Å². The third kappa shape index (κ3) is 3.91. The maximum Gasteiger partial charge on any atom is 0.330 e. The van der Waals surface area contributed by atoms with Gasteiger partial charge in [-0.15, -0.1) is 0 Å². The number of nitrogens with zero attached hydrogens (tertiary/aromatic N) is 1. The largest absolute Gasteiger partial charge is 0.383 e. The molecule has 9 heteroatoms. The minimum atomic E-state index is -4.24. The van der Waals surface area contributed by atoms with Crippen LogP contribution in [0.3, 0.4) is 0 Å². The summed E-state index contributed by atoms with van der Waals surface area (Å²) in [6.07, 6.45) is -3.45. The number of aromatic nitrogens is 2. The van der Waals surface area contributed by atoms with E-state index in [9.17, 15) is 22.4 Å². The fourth-order valence-corrected chi connectivity index (χ4v) is 1.32. The second-order valence-electron chi connectivity index (χ2n) is 3.78. The number of anilines is 1. The molecule has 0 aliphatic rings. The zero-order valence-electron chi connectivity index (χ0n) is 10.1. The van der Waals surface area contributed by atoms with Gasteiger partial charge < -0.3 is 15.5 Å². The molecule has 0 amide bonds. The van der Waals surface area contributed by atoms with Crippen molar-refractivity contribution in [1.82, 2.24) is 9.97 Å². The molecule has 0 aliphatic heterocycles. The molecular formula is C10H13F4N3O2. The predicted molar refractivity (Wildman–Crippen MR) is 59.3 cm³/mol. The number of rotatable bonds is 6. The Morgan fingerprint density at radius 1 is 1.47 bits per heavy atom. The Labute approximate surface area is 105 Å². The van der Waals surface area contributed by atoms with Crippen molar-refractivity contribution in [3.8, 4) is 0 Å². The van der Waals surface area contributed by atoms with E-state index in [1.54, 1.807) is 6.92 Å². The summed E-state index contributed by atoms with van der Waals surface area (Å²) in [4.78, 5) is 17.5. The summed E-state index contributed by atoms with van der Waals surface area (Å²) in [5.74, 6) is -4.37. The van der Waals surface area contributed by atoms with Crippen molar-refractivity contribution in [2.45, 2.75) is 32.3 Å². The third-order valence-electron chi connectivity index (χ3n) is 2.30. The van der Waals surface area contributed by atoms with Crippen molar-refractivity contribution < 1.29 is 22.3 Å². The second-order valence-corrected chi connectivity index (χ2v) is 3.78. The van der Waals surface area contributed by atoms with E-state index >= 15 is 0 Å². The molecule has 0 aromatic carbocycles. The summed E-state index contributed by atoms with van der Waals surface area (Å²) >= 11 is 0. The van der Waals surface area contributed by atoms with Crippen LogP contribution in [0.15, 0.2) is 4.79 Å². The van der Waals surface area contributed by atoms with Gasteiger partial charge in [-0.1, -0.05) is 6.92 Å². The van der Waals surface area contributed by atoms with E-state index in [2.05, 4.69) is 14.7 Å². The van der Waals surface area contributed by atoms with Crippen molar-refractivity contribution in [3.05, 3.63) is 21.7 Å². The summed E-state index contributed by atoms with van der Waals surface area (Å²) in [5.41, 5.74) is 5.24. The van der Waals surface area contributed by atoms with Gasteiger partial charge in [-0.05, 0) is 6.42 Å². The number of alkyl halides is 4. The van der Waals surface area contributed by atoms with Crippen LogP contribution in [0.25, 0.3) is 0 Å². The van der Waals surface area contributed by atoms with Crippen LogP contribution in [-0.2, 0) is 17.8 Å². The molecule has 0 saturated carbocycles. The van der Waals surface area contributed by atoms with E-state index in [1.807, 2.05) is 0 Å². The van der Waals surface area contributed by atoms with Crippen LogP contribution in [0.1, 0.15) is 18.3 Å². The quantitative estimate of drug-likeness (QED) is 0.772. The molecule has 108 valence electrons. The zero-order chi connectivity index (χ0) is 14.6. The van der Waals surface area contributed by atoms with Gasteiger partial charge in [-0.25, -0.2) is 13.8 Å². The van der Waals surface area contributed by atoms with Crippen molar-refractivity contribution in [2.75, 3.05) is 12.3 Å². The van der Waals surface area contributed by atoms with Gasteiger partial charge in [0.25, 0.3) is 5.56 Å². The number of hydrogen-bond donors (Lipinski definition) is 2. The van der Waals surface area contributed by atoms with Crippen LogP contribution in [0.5, 0.6) is 0 Å². The Morgan fingerprint density at radius 2 is 2.11 bits per heavy atom. The highest BCUT2D eigenvalue weighted by atomic mass is 19.3. The lowest BCUT2D eigenvalue weighted by Crippen LogP contribution is -2.32. The monoisotopic (exact) mass is 283 g/mol. The second kappa shape index (κ2) is 6.00. The number of hydrogen-bond acceptors (Lipinski definition) is 4. The molecule has 1 aromatic rings. The van der Waals surface area contributed by atoms with E-state index < -0.39 is 31.1 Å². The molecule has 3 N–H and O–H groups in total. The van der Waals surface area contributed by atoms with Crippen LogP contribution in [-0.4, -0.2) is 28.9 Å². The van der Waals surface area contributed by atoms with Crippen LogP contribution in [0.4, 0.5) is 23.4 Å². The molecule has 1 rings (SSSR count). The number of aromatic amines is 1. The lowest BCUT2D eigenvalue weighted by Gasteiger charge is -2.15. The van der Waals surface area contributed by atoms with Crippen molar-refractivity contribution >= 4 is 5.82 Å². The summed E-state index contributed by atoms with van der Waals surface area (Å²) in [7, 11) is 0. The number of H-pyrrole nitrogens is 1. The van der Waals surface area contributed by atoms with Crippen LogP contribution in [0.2, 0.25) is 0 Å². The molecule has 5 nitrogen and oxygen atoms in total. The van der Waals surface area contributed by atoms with Gasteiger partial charge in [0.05, 0.1) is 5.56 Å². The fourth-order valence-electron chi connectivity index (χ4n) is 1.32. The molecule has 0 saturated heterocycles. The van der Waals surface area contributed by atoms with Crippen molar-refractivity contribution in [1.29, 1.82) is 0 Å². The van der Waals surface area contributed by atoms with Gasteiger partial charge in [0.2, 0.25) is 0 Å². The average molecular weight is 283 g/mol. The van der Waals surface area contributed by atoms with Gasteiger partial charge in [0.15, 0.2) is 0 Å². The Hall–Kier alpha value is -1.64. The molecule has 0 aliphatic carbocycles. The number of halogens is 4. The minimum absolute atomic E-state index is 0.0366. The van der Waals surface area contributed by atoms with E-state index in [1.165, 1.54) is 0 Å².